The van der Waals surface area contributed by atoms with Gasteiger partial charge in [-0.15, -0.1) is 0 Å². The second-order valence-electron chi connectivity index (χ2n) is 6.31. The lowest BCUT2D eigenvalue weighted by Crippen LogP contribution is -2.24. The molecule has 7 heteroatoms. The molecule has 5 rings (SSSR count). The molecular weight excluding hydrogens is 316 g/mol. The maximum absolute atomic E-state index is 12.4. The van der Waals surface area contributed by atoms with Crippen LogP contribution in [0.5, 0.6) is 0 Å². The molecule has 1 aliphatic heterocycles. The molecule has 3 aromatic rings. The van der Waals surface area contributed by atoms with Crippen LogP contribution >= 0.6 is 0 Å². The Morgan fingerprint density at radius 1 is 1.12 bits per heavy atom. The van der Waals surface area contributed by atoms with Crippen LogP contribution in [0.2, 0.25) is 0 Å². The minimum atomic E-state index is -0.0295. The number of amides is 1. The van der Waals surface area contributed by atoms with Crippen molar-refractivity contribution >= 4 is 5.91 Å². The molecule has 1 amide bonds. The van der Waals surface area contributed by atoms with Crippen LogP contribution in [-0.2, 0) is 19.4 Å². The van der Waals surface area contributed by atoms with Crippen LogP contribution in [-0.4, -0.2) is 37.2 Å². The predicted octanol–water partition coefficient (Wildman–Crippen LogP) is 1.63. The zero-order valence-electron chi connectivity index (χ0n) is 13.6. The van der Waals surface area contributed by atoms with Crippen molar-refractivity contribution in [3.8, 4) is 22.8 Å². The predicted molar refractivity (Wildman–Crippen MR) is 90.8 cm³/mol. The van der Waals surface area contributed by atoms with Crippen molar-refractivity contribution in [2.75, 3.05) is 6.54 Å². The van der Waals surface area contributed by atoms with E-state index in [4.69, 9.17) is 10.1 Å². The van der Waals surface area contributed by atoms with Crippen LogP contribution < -0.4 is 5.32 Å². The fraction of sp³-hybridized carbons (Fsp3) is 0.278. The fourth-order valence-electron chi connectivity index (χ4n) is 3.55. The Morgan fingerprint density at radius 3 is 2.88 bits per heavy atom. The Balaban J connectivity index is 1.68. The van der Waals surface area contributed by atoms with Crippen molar-refractivity contribution in [2.45, 2.75) is 25.8 Å². The highest BCUT2D eigenvalue weighted by atomic mass is 16.2. The third kappa shape index (κ3) is 2.23. The number of aryl methyl sites for hydroxylation is 2. The van der Waals surface area contributed by atoms with Crippen molar-refractivity contribution in [2.24, 2.45) is 0 Å². The van der Waals surface area contributed by atoms with Gasteiger partial charge in [0.1, 0.15) is 11.4 Å². The summed E-state index contributed by atoms with van der Waals surface area (Å²) in [6, 6.07) is 3.78. The molecule has 0 bridgehead atoms. The standard InChI is InChI=1S/C18H16N6O/c25-18-16-13-3-2-12-10-21-17(11-4-7-19-8-5-11)22-14(12)15(13)23-24(16)9-1-6-20-18/h4-5,7-8,10H,1-3,6,9H2,(H,20,25). The van der Waals surface area contributed by atoms with Gasteiger partial charge in [-0.05, 0) is 37.0 Å². The van der Waals surface area contributed by atoms with Crippen LogP contribution in [0.3, 0.4) is 0 Å². The molecule has 124 valence electrons. The van der Waals surface area contributed by atoms with Crippen molar-refractivity contribution in [1.82, 2.24) is 30.0 Å². The number of aromatic nitrogens is 5. The Hall–Kier alpha value is -3.09. The summed E-state index contributed by atoms with van der Waals surface area (Å²) in [5.41, 5.74) is 5.37. The second-order valence-corrected chi connectivity index (χ2v) is 6.31. The number of nitrogens with zero attached hydrogens (tertiary/aromatic N) is 5. The van der Waals surface area contributed by atoms with Crippen LogP contribution in [0.1, 0.15) is 28.0 Å². The molecule has 0 radical (unpaired) electrons. The average molecular weight is 332 g/mol. The molecule has 0 unspecified atom stereocenters. The van der Waals surface area contributed by atoms with Gasteiger partial charge in [-0.3, -0.25) is 14.5 Å². The summed E-state index contributed by atoms with van der Waals surface area (Å²) < 4.78 is 1.84. The van der Waals surface area contributed by atoms with Gasteiger partial charge in [0.2, 0.25) is 0 Å². The molecule has 7 nitrogen and oxygen atoms in total. The number of hydrogen-bond acceptors (Lipinski definition) is 5. The molecule has 2 aliphatic rings. The van der Waals surface area contributed by atoms with Gasteiger partial charge in [-0.2, -0.15) is 5.10 Å². The monoisotopic (exact) mass is 332 g/mol. The third-order valence-corrected chi connectivity index (χ3v) is 4.77. The van der Waals surface area contributed by atoms with Gasteiger partial charge in [0.25, 0.3) is 5.91 Å². The van der Waals surface area contributed by atoms with Crippen molar-refractivity contribution in [1.29, 1.82) is 0 Å². The summed E-state index contributed by atoms with van der Waals surface area (Å²) in [5, 5.41) is 7.69. The lowest BCUT2D eigenvalue weighted by atomic mass is 9.93. The van der Waals surface area contributed by atoms with E-state index in [1.54, 1.807) is 12.4 Å². The van der Waals surface area contributed by atoms with Crippen molar-refractivity contribution in [3.63, 3.8) is 0 Å². The summed E-state index contributed by atoms with van der Waals surface area (Å²) in [7, 11) is 0. The first-order valence-electron chi connectivity index (χ1n) is 8.46. The van der Waals surface area contributed by atoms with E-state index in [0.29, 0.717) is 18.1 Å². The van der Waals surface area contributed by atoms with E-state index < -0.39 is 0 Å². The number of carbonyl (C=O) groups is 1. The molecule has 0 spiro atoms. The highest BCUT2D eigenvalue weighted by Crippen LogP contribution is 2.34. The highest BCUT2D eigenvalue weighted by molar-refractivity contribution is 5.96. The van der Waals surface area contributed by atoms with Gasteiger partial charge in [-0.1, -0.05) is 0 Å². The molecule has 0 saturated carbocycles. The largest absolute Gasteiger partial charge is 0.351 e. The van der Waals surface area contributed by atoms with Gasteiger partial charge >= 0.3 is 0 Å². The van der Waals surface area contributed by atoms with E-state index in [9.17, 15) is 4.79 Å². The Labute approximate surface area is 144 Å². The van der Waals surface area contributed by atoms with E-state index >= 15 is 0 Å². The zero-order chi connectivity index (χ0) is 16.8. The number of carbonyl (C=O) groups excluding carboxylic acids is 1. The Morgan fingerprint density at radius 2 is 2.00 bits per heavy atom. The number of rotatable bonds is 1. The number of hydrogen-bond donors (Lipinski definition) is 1. The highest BCUT2D eigenvalue weighted by Gasteiger charge is 2.30. The first-order valence-corrected chi connectivity index (χ1v) is 8.46. The van der Waals surface area contributed by atoms with E-state index in [1.807, 2.05) is 23.0 Å². The summed E-state index contributed by atoms with van der Waals surface area (Å²) in [6.45, 7) is 1.45. The molecule has 1 aliphatic carbocycles. The molecule has 4 heterocycles. The smallest absolute Gasteiger partial charge is 0.269 e. The van der Waals surface area contributed by atoms with Crippen LogP contribution in [0.4, 0.5) is 0 Å². The summed E-state index contributed by atoms with van der Waals surface area (Å²) in [5.74, 6) is 0.625. The fourth-order valence-corrected chi connectivity index (χ4v) is 3.55. The van der Waals surface area contributed by atoms with Gasteiger partial charge in [0, 0.05) is 42.8 Å². The van der Waals surface area contributed by atoms with Gasteiger partial charge in [-0.25, -0.2) is 9.97 Å². The van der Waals surface area contributed by atoms with Crippen LogP contribution in [0, 0.1) is 0 Å². The molecule has 0 atom stereocenters. The molecule has 25 heavy (non-hydrogen) atoms. The van der Waals surface area contributed by atoms with Crippen LogP contribution in [0.25, 0.3) is 22.8 Å². The van der Waals surface area contributed by atoms with Gasteiger partial charge < -0.3 is 5.32 Å². The first kappa shape index (κ1) is 14.3. The lowest BCUT2D eigenvalue weighted by molar-refractivity contribution is 0.0949. The third-order valence-electron chi connectivity index (χ3n) is 4.77. The lowest BCUT2D eigenvalue weighted by Gasteiger charge is -2.15. The normalized spacial score (nSPS) is 15.6. The molecule has 3 aromatic heterocycles. The van der Waals surface area contributed by atoms with Crippen molar-refractivity contribution in [3.05, 3.63) is 47.5 Å². The number of fused-ring (bicyclic) bond motifs is 5. The Bertz CT molecular complexity index is 979. The maximum Gasteiger partial charge on any atom is 0.269 e. The minimum Gasteiger partial charge on any atom is -0.351 e. The summed E-state index contributed by atoms with van der Waals surface area (Å²) in [6.07, 6.45) is 7.84. The van der Waals surface area contributed by atoms with Gasteiger partial charge in [0.05, 0.1) is 5.69 Å². The average Bonchev–Trinajstić information content (AvgIpc) is 2.94. The van der Waals surface area contributed by atoms with E-state index in [0.717, 1.165) is 53.9 Å². The SMILES string of the molecule is O=C1NCCCn2nc3c(c21)CCc1cnc(-c2ccncc2)nc1-3. The molecule has 1 N–H and O–H groups in total. The molecule has 0 fully saturated rings. The van der Waals surface area contributed by atoms with Gasteiger partial charge in [0.15, 0.2) is 5.82 Å². The molecular formula is C18H16N6O. The second kappa shape index (κ2) is 5.47. The minimum absolute atomic E-state index is 0.0295. The quantitative estimate of drug-likeness (QED) is 0.732. The number of pyridine rings is 1. The Kier molecular flexibility index (Phi) is 3.12. The summed E-state index contributed by atoms with van der Waals surface area (Å²) in [4.78, 5) is 25.7. The zero-order valence-corrected chi connectivity index (χ0v) is 13.6. The first-order chi connectivity index (χ1) is 12.3. The van der Waals surface area contributed by atoms with Crippen LogP contribution in [0.15, 0.2) is 30.7 Å². The van der Waals surface area contributed by atoms with E-state index in [-0.39, 0.29) is 5.91 Å². The van der Waals surface area contributed by atoms with E-state index in [1.165, 1.54) is 0 Å². The molecule has 0 saturated heterocycles. The maximum atomic E-state index is 12.4. The summed E-state index contributed by atoms with van der Waals surface area (Å²) >= 11 is 0. The van der Waals surface area contributed by atoms with Crippen molar-refractivity contribution < 1.29 is 4.79 Å². The molecule has 0 aromatic carbocycles. The number of nitrogens with one attached hydrogen (secondary N) is 1. The van der Waals surface area contributed by atoms with E-state index in [2.05, 4.69) is 15.3 Å². The topological polar surface area (TPSA) is 85.6 Å².